The van der Waals surface area contributed by atoms with E-state index in [2.05, 4.69) is 26.0 Å². The molecule has 0 fully saturated rings. The predicted molar refractivity (Wildman–Crippen MR) is 89.8 cm³/mol. The number of ether oxygens (including phenoxy) is 2. The smallest absolute Gasteiger partial charge is 0.337 e. The molecule has 0 heterocycles. The number of nitrogens with one attached hydrogen (secondary N) is 1. The molecule has 0 radical (unpaired) electrons. The second kappa shape index (κ2) is 8.33. The molecule has 0 atom stereocenters. The lowest BCUT2D eigenvalue weighted by atomic mass is 10.1. The van der Waals surface area contributed by atoms with Gasteiger partial charge in [0.05, 0.1) is 19.2 Å². The third kappa shape index (κ3) is 5.10. The molecular weight excluding hydrogens is 362 g/mol. The van der Waals surface area contributed by atoms with E-state index in [4.69, 9.17) is 4.74 Å². The maximum atomic E-state index is 12.0. The minimum atomic E-state index is -0.431. The van der Waals surface area contributed by atoms with Crippen molar-refractivity contribution in [1.29, 1.82) is 0 Å². The van der Waals surface area contributed by atoms with Crippen LogP contribution in [-0.2, 0) is 4.74 Å². The van der Waals surface area contributed by atoms with Crippen LogP contribution in [0.4, 0.5) is 0 Å². The van der Waals surface area contributed by atoms with Crippen molar-refractivity contribution in [2.45, 2.75) is 0 Å². The Morgan fingerprint density at radius 3 is 2.43 bits per heavy atom. The first-order chi connectivity index (χ1) is 11.1. The summed E-state index contributed by atoms with van der Waals surface area (Å²) in [5, 5.41) is 2.75. The first-order valence-electron chi connectivity index (χ1n) is 6.95. The van der Waals surface area contributed by atoms with Crippen molar-refractivity contribution >= 4 is 27.8 Å². The molecule has 0 saturated carbocycles. The molecule has 2 aromatic rings. The van der Waals surface area contributed by atoms with Gasteiger partial charge in [-0.1, -0.05) is 22.0 Å². The fourth-order valence-corrected chi connectivity index (χ4v) is 2.25. The van der Waals surface area contributed by atoms with Crippen LogP contribution < -0.4 is 10.1 Å². The van der Waals surface area contributed by atoms with E-state index in [1.54, 1.807) is 24.3 Å². The summed E-state index contributed by atoms with van der Waals surface area (Å²) in [7, 11) is 1.31. The minimum Gasteiger partial charge on any atom is -0.492 e. The highest BCUT2D eigenvalue weighted by Crippen LogP contribution is 2.17. The van der Waals surface area contributed by atoms with Crippen molar-refractivity contribution in [1.82, 2.24) is 5.32 Å². The number of amides is 1. The van der Waals surface area contributed by atoms with E-state index in [1.807, 2.05) is 24.3 Å². The number of carbonyl (C=O) groups is 2. The van der Waals surface area contributed by atoms with Crippen LogP contribution in [0.5, 0.6) is 5.75 Å². The molecule has 6 heteroatoms. The first-order valence-corrected chi connectivity index (χ1v) is 7.74. The number of hydrogen-bond acceptors (Lipinski definition) is 4. The number of esters is 1. The summed E-state index contributed by atoms with van der Waals surface area (Å²) in [4.78, 5) is 23.3. The fraction of sp³-hybridized carbons (Fsp3) is 0.176. The highest BCUT2D eigenvalue weighted by atomic mass is 79.9. The van der Waals surface area contributed by atoms with Gasteiger partial charge in [-0.2, -0.15) is 0 Å². The number of rotatable bonds is 6. The van der Waals surface area contributed by atoms with E-state index in [1.165, 1.54) is 7.11 Å². The maximum Gasteiger partial charge on any atom is 0.337 e. The quantitative estimate of drug-likeness (QED) is 0.620. The van der Waals surface area contributed by atoms with Crippen LogP contribution in [-0.4, -0.2) is 32.1 Å². The van der Waals surface area contributed by atoms with Gasteiger partial charge in [0.25, 0.3) is 5.91 Å². The Morgan fingerprint density at radius 2 is 1.78 bits per heavy atom. The average Bonchev–Trinajstić information content (AvgIpc) is 2.58. The van der Waals surface area contributed by atoms with Crippen LogP contribution in [0, 0.1) is 0 Å². The Hall–Kier alpha value is -2.34. The molecule has 0 saturated heterocycles. The van der Waals surface area contributed by atoms with E-state index in [0.29, 0.717) is 24.3 Å². The number of hydrogen-bond donors (Lipinski definition) is 1. The van der Waals surface area contributed by atoms with Crippen molar-refractivity contribution in [3.05, 3.63) is 64.1 Å². The monoisotopic (exact) mass is 377 g/mol. The summed E-state index contributed by atoms with van der Waals surface area (Å²) in [6.45, 7) is 0.743. The Kier molecular flexibility index (Phi) is 6.17. The van der Waals surface area contributed by atoms with Crippen LogP contribution in [0.15, 0.2) is 53.0 Å². The Morgan fingerprint density at radius 1 is 1.09 bits per heavy atom. The van der Waals surface area contributed by atoms with Crippen LogP contribution >= 0.6 is 15.9 Å². The van der Waals surface area contributed by atoms with Gasteiger partial charge in [-0.3, -0.25) is 4.79 Å². The summed E-state index contributed by atoms with van der Waals surface area (Å²) in [6.07, 6.45) is 0. The molecule has 5 nitrogen and oxygen atoms in total. The summed E-state index contributed by atoms with van der Waals surface area (Å²) < 4.78 is 11.1. The van der Waals surface area contributed by atoms with Crippen LogP contribution in [0.2, 0.25) is 0 Å². The normalized spacial score (nSPS) is 10.0. The fourth-order valence-electron chi connectivity index (χ4n) is 1.87. The molecule has 2 rings (SSSR count). The van der Waals surface area contributed by atoms with Gasteiger partial charge in [-0.05, 0) is 42.5 Å². The lowest BCUT2D eigenvalue weighted by Gasteiger charge is -2.08. The number of methoxy groups -OCH3 is 1. The van der Waals surface area contributed by atoms with Gasteiger partial charge in [0.15, 0.2) is 0 Å². The summed E-state index contributed by atoms with van der Waals surface area (Å²) in [6, 6.07) is 13.8. The molecule has 120 valence electrons. The Balaban J connectivity index is 1.79. The molecule has 0 bridgehead atoms. The van der Waals surface area contributed by atoms with E-state index in [9.17, 15) is 9.59 Å². The number of halogens is 1. The Labute approximate surface area is 142 Å². The van der Waals surface area contributed by atoms with Gasteiger partial charge >= 0.3 is 5.97 Å². The SMILES string of the molecule is COC(=O)c1ccc(C(=O)NCCOc2cccc(Br)c2)cc1. The van der Waals surface area contributed by atoms with Crippen LogP contribution in [0.3, 0.4) is 0 Å². The molecule has 0 aliphatic carbocycles. The minimum absolute atomic E-state index is 0.223. The van der Waals surface area contributed by atoms with Crippen molar-refractivity contribution in [2.75, 3.05) is 20.3 Å². The molecule has 0 spiro atoms. The molecular formula is C17H16BrNO4. The van der Waals surface area contributed by atoms with Crippen molar-refractivity contribution < 1.29 is 19.1 Å². The van der Waals surface area contributed by atoms with E-state index < -0.39 is 5.97 Å². The largest absolute Gasteiger partial charge is 0.492 e. The third-order valence-corrected chi connectivity index (χ3v) is 3.51. The molecule has 1 N–H and O–H groups in total. The molecule has 2 aromatic carbocycles. The lowest BCUT2D eigenvalue weighted by Crippen LogP contribution is -2.28. The van der Waals surface area contributed by atoms with Crippen molar-refractivity contribution in [3.63, 3.8) is 0 Å². The van der Waals surface area contributed by atoms with E-state index >= 15 is 0 Å². The van der Waals surface area contributed by atoms with Gasteiger partial charge in [-0.15, -0.1) is 0 Å². The van der Waals surface area contributed by atoms with Crippen LogP contribution in [0.1, 0.15) is 20.7 Å². The predicted octanol–water partition coefficient (Wildman–Crippen LogP) is 3.04. The van der Waals surface area contributed by atoms with Gasteiger partial charge in [0, 0.05) is 10.0 Å². The summed E-state index contributed by atoms with van der Waals surface area (Å²) in [5.41, 5.74) is 0.877. The van der Waals surface area contributed by atoms with Crippen molar-refractivity contribution in [3.8, 4) is 5.75 Å². The zero-order valence-corrected chi connectivity index (χ0v) is 14.1. The molecule has 0 aliphatic rings. The highest BCUT2D eigenvalue weighted by Gasteiger charge is 2.08. The molecule has 1 amide bonds. The lowest BCUT2D eigenvalue weighted by molar-refractivity contribution is 0.0600. The summed E-state index contributed by atoms with van der Waals surface area (Å²) in [5.74, 6) is 0.0784. The first kappa shape index (κ1) is 17.0. The number of carbonyl (C=O) groups excluding carboxylic acids is 2. The molecule has 0 aliphatic heterocycles. The molecule has 0 unspecified atom stereocenters. The summed E-state index contributed by atoms with van der Waals surface area (Å²) >= 11 is 3.36. The second-order valence-electron chi connectivity index (χ2n) is 4.63. The highest BCUT2D eigenvalue weighted by molar-refractivity contribution is 9.10. The maximum absolute atomic E-state index is 12.0. The van der Waals surface area contributed by atoms with E-state index in [-0.39, 0.29) is 5.91 Å². The zero-order chi connectivity index (χ0) is 16.7. The number of benzene rings is 2. The van der Waals surface area contributed by atoms with Gasteiger partial charge in [0.1, 0.15) is 12.4 Å². The second-order valence-corrected chi connectivity index (χ2v) is 5.55. The van der Waals surface area contributed by atoms with Crippen molar-refractivity contribution in [2.24, 2.45) is 0 Å². The van der Waals surface area contributed by atoms with Crippen LogP contribution in [0.25, 0.3) is 0 Å². The average molecular weight is 378 g/mol. The van der Waals surface area contributed by atoms with E-state index in [0.717, 1.165) is 10.2 Å². The molecule has 23 heavy (non-hydrogen) atoms. The molecule has 0 aromatic heterocycles. The van der Waals surface area contributed by atoms with Gasteiger partial charge in [0.2, 0.25) is 0 Å². The third-order valence-electron chi connectivity index (χ3n) is 3.02. The van der Waals surface area contributed by atoms with Gasteiger partial charge < -0.3 is 14.8 Å². The van der Waals surface area contributed by atoms with Gasteiger partial charge in [-0.25, -0.2) is 4.79 Å². The Bertz CT molecular complexity index is 685. The zero-order valence-electron chi connectivity index (χ0n) is 12.5. The standard InChI is InChI=1S/C17H16BrNO4/c1-22-17(21)13-7-5-12(6-8-13)16(20)19-9-10-23-15-4-2-3-14(18)11-15/h2-8,11H,9-10H2,1H3,(H,19,20). The topological polar surface area (TPSA) is 64.6 Å².